The molecular formula is C24H21N5O. The van der Waals surface area contributed by atoms with Gasteiger partial charge in [-0.15, -0.1) is 0 Å². The Morgan fingerprint density at radius 1 is 1.03 bits per heavy atom. The van der Waals surface area contributed by atoms with Gasteiger partial charge in [-0.3, -0.25) is 0 Å². The zero-order valence-electron chi connectivity index (χ0n) is 16.6. The van der Waals surface area contributed by atoms with Gasteiger partial charge in [0, 0.05) is 41.6 Å². The third-order valence-corrected chi connectivity index (χ3v) is 5.99. The van der Waals surface area contributed by atoms with Crippen molar-refractivity contribution in [3.05, 3.63) is 72.3 Å². The molecule has 30 heavy (non-hydrogen) atoms. The van der Waals surface area contributed by atoms with Crippen molar-refractivity contribution in [2.24, 2.45) is 0 Å². The highest BCUT2D eigenvalue weighted by atomic mass is 16.5. The van der Waals surface area contributed by atoms with E-state index in [1.165, 1.54) is 11.1 Å². The lowest BCUT2D eigenvalue weighted by Gasteiger charge is -2.20. The Labute approximate surface area is 173 Å². The number of rotatable bonds is 3. The molecule has 0 unspecified atom stereocenters. The highest BCUT2D eigenvalue weighted by molar-refractivity contribution is 5.95. The van der Waals surface area contributed by atoms with Gasteiger partial charge < -0.3 is 15.0 Å². The number of benzene rings is 1. The molecule has 0 saturated heterocycles. The van der Waals surface area contributed by atoms with Crippen molar-refractivity contribution in [3.8, 4) is 28.0 Å². The van der Waals surface area contributed by atoms with E-state index >= 15 is 0 Å². The minimum Gasteiger partial charge on any atom is -0.496 e. The number of nitrogens with zero attached hydrogens (tertiary/aromatic N) is 3. The number of fused-ring (bicyclic) bond motifs is 3. The van der Waals surface area contributed by atoms with Crippen LogP contribution in [0.2, 0.25) is 0 Å². The minimum atomic E-state index is 0.888. The normalized spacial score (nSPS) is 13.6. The molecule has 0 saturated carbocycles. The van der Waals surface area contributed by atoms with Crippen molar-refractivity contribution < 1.29 is 4.74 Å². The number of nitrogens with one attached hydrogen (secondary N) is 2. The molecule has 0 amide bonds. The van der Waals surface area contributed by atoms with Crippen molar-refractivity contribution >= 4 is 16.6 Å². The van der Waals surface area contributed by atoms with Crippen LogP contribution in [0.3, 0.4) is 0 Å². The van der Waals surface area contributed by atoms with E-state index in [1.807, 2.05) is 29.3 Å². The van der Waals surface area contributed by atoms with E-state index in [0.29, 0.717) is 0 Å². The smallest absolute Gasteiger partial charge is 0.137 e. The second-order valence-corrected chi connectivity index (χ2v) is 7.65. The van der Waals surface area contributed by atoms with Gasteiger partial charge in [0.15, 0.2) is 0 Å². The average molecular weight is 395 g/mol. The molecule has 2 N–H and O–H groups in total. The summed E-state index contributed by atoms with van der Waals surface area (Å²) in [6.07, 6.45) is 8.74. The van der Waals surface area contributed by atoms with Gasteiger partial charge in [0.25, 0.3) is 0 Å². The number of H-pyrrole nitrogens is 1. The van der Waals surface area contributed by atoms with Gasteiger partial charge >= 0.3 is 0 Å². The van der Waals surface area contributed by atoms with Gasteiger partial charge in [-0.1, -0.05) is 0 Å². The van der Waals surface area contributed by atoms with Gasteiger partial charge in [-0.25, -0.2) is 9.50 Å². The van der Waals surface area contributed by atoms with E-state index in [4.69, 9.17) is 4.74 Å². The largest absolute Gasteiger partial charge is 0.496 e. The van der Waals surface area contributed by atoms with Gasteiger partial charge in [0.1, 0.15) is 11.4 Å². The molecule has 0 spiro atoms. The first-order valence-electron chi connectivity index (χ1n) is 10.1. The Bertz CT molecular complexity index is 1400. The second-order valence-electron chi connectivity index (χ2n) is 7.65. The number of aromatic nitrogens is 4. The highest BCUT2D eigenvalue weighted by Gasteiger charge is 2.18. The van der Waals surface area contributed by atoms with Crippen LogP contribution in [0.25, 0.3) is 38.8 Å². The van der Waals surface area contributed by atoms with Gasteiger partial charge in [0.2, 0.25) is 0 Å². The van der Waals surface area contributed by atoms with Gasteiger partial charge in [0.05, 0.1) is 18.8 Å². The number of methoxy groups -OCH3 is 1. The fourth-order valence-electron chi connectivity index (χ4n) is 4.46. The van der Waals surface area contributed by atoms with Crippen molar-refractivity contribution in [1.29, 1.82) is 0 Å². The maximum Gasteiger partial charge on any atom is 0.137 e. The highest BCUT2D eigenvalue weighted by Crippen LogP contribution is 2.37. The molecule has 5 heterocycles. The van der Waals surface area contributed by atoms with Crippen molar-refractivity contribution in [3.63, 3.8) is 0 Å². The molecule has 4 aromatic heterocycles. The van der Waals surface area contributed by atoms with E-state index in [9.17, 15) is 0 Å². The van der Waals surface area contributed by atoms with E-state index in [-0.39, 0.29) is 0 Å². The summed E-state index contributed by atoms with van der Waals surface area (Å²) in [6, 6.07) is 12.9. The Kier molecular flexibility index (Phi) is 3.86. The summed E-state index contributed by atoms with van der Waals surface area (Å²) in [7, 11) is 1.74. The number of aromatic amines is 1. The summed E-state index contributed by atoms with van der Waals surface area (Å²) in [4.78, 5) is 7.60. The minimum absolute atomic E-state index is 0.888. The van der Waals surface area contributed by atoms with Crippen LogP contribution < -0.4 is 10.1 Å². The summed E-state index contributed by atoms with van der Waals surface area (Å²) >= 11 is 0. The molecule has 0 radical (unpaired) electrons. The van der Waals surface area contributed by atoms with Crippen LogP contribution in [-0.2, 0) is 13.0 Å². The Morgan fingerprint density at radius 2 is 2.00 bits per heavy atom. The summed E-state index contributed by atoms with van der Waals surface area (Å²) in [5.41, 5.74) is 9.07. The number of ether oxygens (including phenoxy) is 1. The van der Waals surface area contributed by atoms with E-state index < -0.39 is 0 Å². The molecule has 1 aromatic carbocycles. The van der Waals surface area contributed by atoms with Crippen molar-refractivity contribution in [2.75, 3.05) is 13.7 Å². The molecular weight excluding hydrogens is 374 g/mol. The van der Waals surface area contributed by atoms with Crippen molar-refractivity contribution in [2.45, 2.75) is 13.0 Å². The van der Waals surface area contributed by atoms with Gasteiger partial charge in [-0.2, -0.15) is 5.10 Å². The lowest BCUT2D eigenvalue weighted by molar-refractivity contribution is 0.415. The summed E-state index contributed by atoms with van der Waals surface area (Å²) in [6.45, 7) is 1.90. The van der Waals surface area contributed by atoms with Gasteiger partial charge in [-0.05, 0) is 71.6 Å². The van der Waals surface area contributed by atoms with Crippen LogP contribution in [0.5, 0.6) is 5.75 Å². The molecule has 0 fully saturated rings. The molecule has 0 aliphatic carbocycles. The predicted octanol–water partition coefficient (Wildman–Crippen LogP) is 4.20. The van der Waals surface area contributed by atoms with Crippen molar-refractivity contribution in [1.82, 2.24) is 24.9 Å². The quantitative estimate of drug-likeness (QED) is 0.481. The average Bonchev–Trinajstić information content (AvgIpc) is 3.44. The standard InChI is InChI=1S/C24H21N5O/c1-30-23-12-15-2-6-25-13-17(15)10-20(23)21-14-28-29-9-5-16(11-22(21)29)18-3-7-26-24-19(18)4-8-27-24/h3-5,7-12,14,25H,2,6,13H2,1H3,(H,26,27). The van der Waals surface area contributed by atoms with Crippen LogP contribution in [-0.4, -0.2) is 33.2 Å². The SMILES string of the molecule is COc1cc2c(cc1-c1cnn3ccc(-c4ccnc5[nH]ccc45)cc13)CNCC2. The molecule has 5 aromatic rings. The summed E-state index contributed by atoms with van der Waals surface area (Å²) < 4.78 is 7.70. The first kappa shape index (κ1) is 17.2. The lowest BCUT2D eigenvalue weighted by atomic mass is 9.94. The number of hydrogen-bond acceptors (Lipinski definition) is 4. The Balaban J connectivity index is 1.55. The summed E-state index contributed by atoms with van der Waals surface area (Å²) in [5.74, 6) is 0.896. The number of hydrogen-bond donors (Lipinski definition) is 2. The fourth-order valence-corrected chi connectivity index (χ4v) is 4.46. The van der Waals surface area contributed by atoms with Crippen LogP contribution in [0.1, 0.15) is 11.1 Å². The monoisotopic (exact) mass is 395 g/mol. The molecule has 1 aliphatic heterocycles. The lowest BCUT2D eigenvalue weighted by Crippen LogP contribution is -2.23. The molecule has 6 rings (SSSR count). The van der Waals surface area contributed by atoms with E-state index in [2.05, 4.69) is 56.8 Å². The maximum atomic E-state index is 5.78. The zero-order chi connectivity index (χ0) is 20.1. The molecule has 148 valence electrons. The first-order chi connectivity index (χ1) is 14.8. The zero-order valence-corrected chi connectivity index (χ0v) is 16.6. The second kappa shape index (κ2) is 6.71. The molecule has 1 aliphatic rings. The van der Waals surface area contributed by atoms with Crippen LogP contribution in [0, 0.1) is 0 Å². The Hall–Kier alpha value is -3.64. The maximum absolute atomic E-state index is 5.78. The molecule has 0 bridgehead atoms. The molecule has 6 heteroatoms. The summed E-state index contributed by atoms with van der Waals surface area (Å²) in [5, 5.41) is 9.17. The van der Waals surface area contributed by atoms with Crippen LogP contribution in [0.15, 0.2) is 61.2 Å². The first-order valence-corrected chi connectivity index (χ1v) is 10.1. The fraction of sp³-hybridized carbons (Fsp3) is 0.167. The topological polar surface area (TPSA) is 67.2 Å². The van der Waals surface area contributed by atoms with E-state index in [0.717, 1.165) is 64.1 Å². The van der Waals surface area contributed by atoms with E-state index in [1.54, 1.807) is 7.11 Å². The predicted molar refractivity (Wildman–Crippen MR) is 118 cm³/mol. The third-order valence-electron chi connectivity index (χ3n) is 5.99. The van der Waals surface area contributed by atoms with Crippen LogP contribution >= 0.6 is 0 Å². The number of pyridine rings is 2. The Morgan fingerprint density at radius 3 is 2.93 bits per heavy atom. The van der Waals surface area contributed by atoms with Crippen LogP contribution in [0.4, 0.5) is 0 Å². The molecule has 0 atom stereocenters. The molecule has 6 nitrogen and oxygen atoms in total. The third kappa shape index (κ3) is 2.61.